The van der Waals surface area contributed by atoms with Gasteiger partial charge in [0, 0.05) is 37.2 Å². The van der Waals surface area contributed by atoms with Gasteiger partial charge < -0.3 is 10.2 Å². The first kappa shape index (κ1) is 12.5. The van der Waals surface area contributed by atoms with Crippen LogP contribution in [0.4, 0.5) is 0 Å². The van der Waals surface area contributed by atoms with E-state index in [1.54, 1.807) is 0 Å². The standard InChI is InChI=1S/C15H21ClN2/c16-14-5-1-12(2-6-14)7-9-18-10-8-17-15(11-18)13-3-4-13/h1-2,5-6,13,15,17H,3-4,7-11H2. The molecular formula is C15H21ClN2. The van der Waals surface area contributed by atoms with Crippen LogP contribution in [0.3, 0.4) is 0 Å². The number of benzene rings is 1. The molecule has 1 aromatic carbocycles. The summed E-state index contributed by atoms with van der Waals surface area (Å²) in [6.45, 7) is 4.75. The van der Waals surface area contributed by atoms with E-state index in [2.05, 4.69) is 22.3 Å². The highest BCUT2D eigenvalue weighted by atomic mass is 35.5. The Kier molecular flexibility index (Phi) is 3.88. The lowest BCUT2D eigenvalue weighted by atomic mass is 10.1. The molecule has 98 valence electrons. The first-order valence-electron chi connectivity index (χ1n) is 7.01. The molecule has 1 unspecified atom stereocenters. The quantitative estimate of drug-likeness (QED) is 0.899. The summed E-state index contributed by atoms with van der Waals surface area (Å²) in [5.41, 5.74) is 1.39. The first-order chi connectivity index (χ1) is 8.81. The van der Waals surface area contributed by atoms with Crippen LogP contribution in [0, 0.1) is 5.92 Å². The Morgan fingerprint density at radius 2 is 2.00 bits per heavy atom. The van der Waals surface area contributed by atoms with Crippen molar-refractivity contribution in [3.8, 4) is 0 Å². The zero-order valence-corrected chi connectivity index (χ0v) is 11.5. The number of nitrogens with zero attached hydrogens (tertiary/aromatic N) is 1. The molecule has 0 radical (unpaired) electrons. The van der Waals surface area contributed by atoms with Gasteiger partial charge in [-0.2, -0.15) is 0 Å². The molecule has 3 heteroatoms. The summed E-state index contributed by atoms with van der Waals surface area (Å²) in [6, 6.07) is 9.01. The fourth-order valence-corrected chi connectivity index (χ4v) is 2.92. The van der Waals surface area contributed by atoms with Crippen LogP contribution in [-0.4, -0.2) is 37.1 Å². The molecule has 0 amide bonds. The number of nitrogens with one attached hydrogen (secondary N) is 1. The fraction of sp³-hybridized carbons (Fsp3) is 0.600. The lowest BCUT2D eigenvalue weighted by Gasteiger charge is -2.33. The number of halogens is 1. The normalized spacial score (nSPS) is 25.3. The number of piperazine rings is 1. The zero-order chi connectivity index (χ0) is 12.4. The van der Waals surface area contributed by atoms with Gasteiger partial charge in [0.05, 0.1) is 0 Å². The van der Waals surface area contributed by atoms with E-state index in [-0.39, 0.29) is 0 Å². The second-order valence-corrected chi connectivity index (χ2v) is 6.01. The van der Waals surface area contributed by atoms with Crippen LogP contribution in [0.15, 0.2) is 24.3 Å². The minimum Gasteiger partial charge on any atom is -0.311 e. The zero-order valence-electron chi connectivity index (χ0n) is 10.7. The van der Waals surface area contributed by atoms with Crippen molar-refractivity contribution in [1.82, 2.24) is 10.2 Å². The van der Waals surface area contributed by atoms with Gasteiger partial charge >= 0.3 is 0 Å². The average molecular weight is 265 g/mol. The van der Waals surface area contributed by atoms with Gasteiger partial charge in [-0.3, -0.25) is 0 Å². The highest BCUT2D eigenvalue weighted by Gasteiger charge is 2.33. The van der Waals surface area contributed by atoms with Crippen LogP contribution in [-0.2, 0) is 6.42 Å². The van der Waals surface area contributed by atoms with E-state index in [4.69, 9.17) is 11.6 Å². The van der Waals surface area contributed by atoms with Crippen LogP contribution in [0.2, 0.25) is 5.02 Å². The van der Waals surface area contributed by atoms with Gasteiger partial charge in [0.2, 0.25) is 0 Å². The van der Waals surface area contributed by atoms with Crippen molar-refractivity contribution in [3.05, 3.63) is 34.9 Å². The molecule has 18 heavy (non-hydrogen) atoms. The molecular weight excluding hydrogens is 244 g/mol. The van der Waals surface area contributed by atoms with E-state index in [1.165, 1.54) is 38.0 Å². The Morgan fingerprint density at radius 3 is 2.72 bits per heavy atom. The maximum absolute atomic E-state index is 5.90. The molecule has 1 aliphatic carbocycles. The monoisotopic (exact) mass is 264 g/mol. The molecule has 2 fully saturated rings. The topological polar surface area (TPSA) is 15.3 Å². The lowest BCUT2D eigenvalue weighted by Crippen LogP contribution is -2.52. The average Bonchev–Trinajstić information content (AvgIpc) is 3.23. The Labute approximate surface area is 114 Å². The predicted octanol–water partition coefficient (Wildman–Crippen LogP) is 2.57. The van der Waals surface area contributed by atoms with Crippen LogP contribution >= 0.6 is 11.6 Å². The van der Waals surface area contributed by atoms with Crippen molar-refractivity contribution in [2.75, 3.05) is 26.2 Å². The van der Waals surface area contributed by atoms with Crippen LogP contribution in [0.5, 0.6) is 0 Å². The minimum absolute atomic E-state index is 0.754. The van der Waals surface area contributed by atoms with Crippen molar-refractivity contribution in [3.63, 3.8) is 0 Å². The van der Waals surface area contributed by atoms with Gasteiger partial charge in [0.15, 0.2) is 0 Å². The van der Waals surface area contributed by atoms with Crippen molar-refractivity contribution in [2.45, 2.75) is 25.3 Å². The number of rotatable bonds is 4. The second-order valence-electron chi connectivity index (χ2n) is 5.58. The minimum atomic E-state index is 0.754. The Hall–Kier alpha value is -0.570. The summed E-state index contributed by atoms with van der Waals surface area (Å²) in [5, 5.41) is 4.49. The van der Waals surface area contributed by atoms with Crippen molar-refractivity contribution in [1.29, 1.82) is 0 Å². The first-order valence-corrected chi connectivity index (χ1v) is 7.39. The van der Waals surface area contributed by atoms with Crippen LogP contribution < -0.4 is 5.32 Å². The molecule has 0 aromatic heterocycles. The maximum atomic E-state index is 5.90. The molecule has 0 bridgehead atoms. The summed E-state index contributed by atoms with van der Waals surface area (Å²) in [4.78, 5) is 2.61. The highest BCUT2D eigenvalue weighted by molar-refractivity contribution is 6.30. The molecule has 1 saturated heterocycles. The highest BCUT2D eigenvalue weighted by Crippen LogP contribution is 2.33. The van der Waals surface area contributed by atoms with Crippen LogP contribution in [0.1, 0.15) is 18.4 Å². The maximum Gasteiger partial charge on any atom is 0.0406 e. The molecule has 1 atom stereocenters. The van der Waals surface area contributed by atoms with Crippen LogP contribution in [0.25, 0.3) is 0 Å². The third-order valence-corrected chi connectivity index (χ3v) is 4.36. The van der Waals surface area contributed by atoms with Gasteiger partial charge in [-0.25, -0.2) is 0 Å². The van der Waals surface area contributed by atoms with E-state index in [0.29, 0.717) is 0 Å². The summed E-state index contributed by atoms with van der Waals surface area (Å²) in [6.07, 6.45) is 4.00. The van der Waals surface area contributed by atoms with Gasteiger partial charge in [0.25, 0.3) is 0 Å². The molecule has 0 spiro atoms. The summed E-state index contributed by atoms with van der Waals surface area (Å²) in [5.74, 6) is 0.961. The van der Waals surface area contributed by atoms with E-state index >= 15 is 0 Å². The third kappa shape index (κ3) is 3.25. The smallest absolute Gasteiger partial charge is 0.0406 e. The summed E-state index contributed by atoms with van der Waals surface area (Å²) < 4.78 is 0. The molecule has 3 rings (SSSR count). The van der Waals surface area contributed by atoms with Gasteiger partial charge in [-0.15, -0.1) is 0 Å². The molecule has 2 nitrogen and oxygen atoms in total. The number of hydrogen-bond donors (Lipinski definition) is 1. The molecule has 2 aliphatic rings. The summed E-state index contributed by atoms with van der Waals surface area (Å²) in [7, 11) is 0. The van der Waals surface area contributed by atoms with Gasteiger partial charge in [0.1, 0.15) is 0 Å². The van der Waals surface area contributed by atoms with E-state index in [1.807, 2.05) is 12.1 Å². The molecule has 1 heterocycles. The van der Waals surface area contributed by atoms with E-state index < -0.39 is 0 Å². The molecule has 1 aliphatic heterocycles. The van der Waals surface area contributed by atoms with Crippen molar-refractivity contribution in [2.24, 2.45) is 5.92 Å². The largest absolute Gasteiger partial charge is 0.311 e. The predicted molar refractivity (Wildman–Crippen MR) is 76.1 cm³/mol. The molecule has 1 N–H and O–H groups in total. The van der Waals surface area contributed by atoms with Crippen molar-refractivity contribution >= 4 is 11.6 Å². The van der Waals surface area contributed by atoms with Gasteiger partial charge in [-0.1, -0.05) is 23.7 Å². The van der Waals surface area contributed by atoms with E-state index in [0.717, 1.165) is 29.9 Å². The Morgan fingerprint density at radius 1 is 1.22 bits per heavy atom. The SMILES string of the molecule is Clc1ccc(CCN2CCNC(C3CC3)C2)cc1. The van der Waals surface area contributed by atoms with E-state index in [9.17, 15) is 0 Å². The molecule has 1 aromatic rings. The Balaban J connectivity index is 1.48. The van der Waals surface area contributed by atoms with Gasteiger partial charge in [-0.05, 0) is 42.9 Å². The second kappa shape index (κ2) is 5.60. The Bertz CT molecular complexity index is 386. The summed E-state index contributed by atoms with van der Waals surface area (Å²) >= 11 is 5.90. The number of hydrogen-bond acceptors (Lipinski definition) is 2. The third-order valence-electron chi connectivity index (χ3n) is 4.11. The van der Waals surface area contributed by atoms with Crippen molar-refractivity contribution < 1.29 is 0 Å². The molecule has 1 saturated carbocycles. The fourth-order valence-electron chi connectivity index (χ4n) is 2.80. The lowest BCUT2D eigenvalue weighted by molar-refractivity contribution is 0.190.